The molecule has 0 aliphatic heterocycles. The van der Waals surface area contributed by atoms with Gasteiger partial charge in [0.25, 0.3) is 0 Å². The third-order valence-corrected chi connectivity index (χ3v) is 3.18. The summed E-state index contributed by atoms with van der Waals surface area (Å²) in [4.78, 5) is 11.2. The average Bonchev–Trinajstić information content (AvgIpc) is 2.29. The van der Waals surface area contributed by atoms with Crippen molar-refractivity contribution in [3.8, 4) is 0 Å². The number of rotatable bonds is 6. The van der Waals surface area contributed by atoms with Gasteiger partial charge in [0.15, 0.2) is 0 Å². The van der Waals surface area contributed by atoms with Crippen LogP contribution in [0.5, 0.6) is 0 Å². The molecule has 2 N–H and O–H groups in total. The van der Waals surface area contributed by atoms with E-state index in [1.54, 1.807) is 13.0 Å². The summed E-state index contributed by atoms with van der Waals surface area (Å²) in [6.45, 7) is 2.08. The predicted octanol–water partition coefficient (Wildman–Crippen LogP) is 1.95. The molecule has 0 spiro atoms. The van der Waals surface area contributed by atoms with Crippen molar-refractivity contribution in [1.82, 2.24) is 0 Å². The number of carbonyl (C=O) groups excluding carboxylic acids is 1. The third-order valence-electron chi connectivity index (χ3n) is 2.04. The molecule has 0 radical (unpaired) electrons. The van der Waals surface area contributed by atoms with Crippen molar-refractivity contribution in [3.05, 3.63) is 35.6 Å². The maximum atomic E-state index is 12.9. The Kier molecular flexibility index (Phi) is 6.00. The van der Waals surface area contributed by atoms with Crippen molar-refractivity contribution in [2.75, 3.05) is 12.4 Å². The smallest absolute Gasteiger partial charge is 0.323 e. The van der Waals surface area contributed by atoms with Gasteiger partial charge in [0.05, 0.1) is 6.61 Å². The van der Waals surface area contributed by atoms with Crippen molar-refractivity contribution in [2.45, 2.75) is 18.7 Å². The maximum Gasteiger partial charge on any atom is 0.323 e. The second-order valence-electron chi connectivity index (χ2n) is 3.50. The lowest BCUT2D eigenvalue weighted by molar-refractivity contribution is -0.144. The van der Waals surface area contributed by atoms with Crippen LogP contribution in [0.25, 0.3) is 0 Å². The van der Waals surface area contributed by atoms with Gasteiger partial charge in [-0.05, 0) is 24.6 Å². The van der Waals surface area contributed by atoms with E-state index >= 15 is 0 Å². The molecule has 0 aliphatic carbocycles. The molecular weight excluding hydrogens is 241 g/mol. The van der Waals surface area contributed by atoms with Gasteiger partial charge >= 0.3 is 5.97 Å². The molecule has 1 aromatic rings. The molecule has 0 fully saturated rings. The topological polar surface area (TPSA) is 52.3 Å². The molecule has 0 amide bonds. The monoisotopic (exact) mass is 257 g/mol. The van der Waals surface area contributed by atoms with E-state index in [0.29, 0.717) is 18.1 Å². The molecule has 0 aliphatic rings. The lowest BCUT2D eigenvalue weighted by Gasteiger charge is -2.09. The Labute approximate surface area is 105 Å². The van der Waals surface area contributed by atoms with Gasteiger partial charge in [0, 0.05) is 11.5 Å². The van der Waals surface area contributed by atoms with Crippen LogP contribution >= 0.6 is 11.8 Å². The number of halogens is 1. The Morgan fingerprint density at radius 2 is 2.35 bits per heavy atom. The number of thioether (sulfide) groups is 1. The van der Waals surface area contributed by atoms with Gasteiger partial charge in [-0.1, -0.05) is 12.1 Å². The van der Waals surface area contributed by atoms with E-state index < -0.39 is 6.04 Å². The molecule has 1 aromatic carbocycles. The van der Waals surface area contributed by atoms with E-state index in [-0.39, 0.29) is 11.8 Å². The van der Waals surface area contributed by atoms with E-state index in [1.165, 1.54) is 23.9 Å². The van der Waals surface area contributed by atoms with Crippen LogP contribution in [0.3, 0.4) is 0 Å². The Hall–Kier alpha value is -1.07. The van der Waals surface area contributed by atoms with Crippen LogP contribution in [-0.4, -0.2) is 24.4 Å². The number of nitrogens with two attached hydrogens (primary N) is 1. The summed E-state index contributed by atoms with van der Waals surface area (Å²) in [5.74, 6) is 0.456. The summed E-state index contributed by atoms with van der Waals surface area (Å²) in [6, 6.07) is 5.76. The molecule has 5 heteroatoms. The first-order valence-electron chi connectivity index (χ1n) is 5.38. The van der Waals surface area contributed by atoms with Crippen LogP contribution < -0.4 is 5.73 Å². The largest absolute Gasteiger partial charge is 0.465 e. The standard InChI is InChI=1S/C12H16FNO2S/c1-2-16-12(15)11(14)8-17-7-9-4-3-5-10(13)6-9/h3-6,11H,2,7-8,14H2,1H3. The zero-order valence-electron chi connectivity index (χ0n) is 9.69. The van der Waals surface area contributed by atoms with Crippen LogP contribution in [0.4, 0.5) is 4.39 Å². The fourth-order valence-corrected chi connectivity index (χ4v) is 2.17. The zero-order valence-corrected chi connectivity index (χ0v) is 10.5. The van der Waals surface area contributed by atoms with Gasteiger partial charge in [0.2, 0.25) is 0 Å². The molecule has 0 heterocycles. The highest BCUT2D eigenvalue weighted by Gasteiger charge is 2.13. The summed E-state index contributed by atoms with van der Waals surface area (Å²) < 4.78 is 17.7. The second-order valence-corrected chi connectivity index (χ2v) is 4.53. The van der Waals surface area contributed by atoms with E-state index in [2.05, 4.69) is 0 Å². The van der Waals surface area contributed by atoms with Crippen molar-refractivity contribution < 1.29 is 13.9 Å². The molecule has 94 valence electrons. The highest BCUT2D eigenvalue weighted by molar-refractivity contribution is 7.98. The summed E-state index contributed by atoms with van der Waals surface area (Å²) in [6.07, 6.45) is 0. The lowest BCUT2D eigenvalue weighted by atomic mass is 10.2. The molecule has 0 aromatic heterocycles. The Morgan fingerprint density at radius 3 is 3.00 bits per heavy atom. The summed E-state index contributed by atoms with van der Waals surface area (Å²) >= 11 is 1.48. The molecule has 3 nitrogen and oxygen atoms in total. The van der Waals surface area contributed by atoms with Crippen molar-refractivity contribution in [2.24, 2.45) is 5.73 Å². The van der Waals surface area contributed by atoms with Crippen molar-refractivity contribution in [3.63, 3.8) is 0 Å². The Bertz CT molecular complexity index is 373. The predicted molar refractivity (Wildman–Crippen MR) is 67.2 cm³/mol. The highest BCUT2D eigenvalue weighted by Crippen LogP contribution is 2.14. The molecule has 17 heavy (non-hydrogen) atoms. The van der Waals surface area contributed by atoms with E-state index in [9.17, 15) is 9.18 Å². The van der Waals surface area contributed by atoms with E-state index in [1.807, 2.05) is 6.07 Å². The number of esters is 1. The minimum atomic E-state index is -0.617. The lowest BCUT2D eigenvalue weighted by Crippen LogP contribution is -2.34. The SMILES string of the molecule is CCOC(=O)C(N)CSCc1cccc(F)c1. The first-order chi connectivity index (χ1) is 8.13. The third kappa shape index (κ3) is 5.19. The molecule has 0 bridgehead atoms. The fraction of sp³-hybridized carbons (Fsp3) is 0.417. The van der Waals surface area contributed by atoms with E-state index in [4.69, 9.17) is 10.5 Å². The minimum Gasteiger partial charge on any atom is -0.465 e. The number of hydrogen-bond donors (Lipinski definition) is 1. The quantitative estimate of drug-likeness (QED) is 0.791. The van der Waals surface area contributed by atoms with Gasteiger partial charge in [-0.25, -0.2) is 4.39 Å². The van der Waals surface area contributed by atoms with Gasteiger partial charge in [0.1, 0.15) is 11.9 Å². The average molecular weight is 257 g/mol. The summed E-state index contributed by atoms with van der Waals surface area (Å²) in [5, 5.41) is 0. The minimum absolute atomic E-state index is 0.252. The van der Waals surface area contributed by atoms with Crippen LogP contribution in [0.15, 0.2) is 24.3 Å². The molecule has 0 saturated heterocycles. The number of benzene rings is 1. The maximum absolute atomic E-state index is 12.9. The van der Waals surface area contributed by atoms with Crippen LogP contribution in [0.1, 0.15) is 12.5 Å². The molecule has 1 unspecified atom stereocenters. The zero-order chi connectivity index (χ0) is 12.7. The van der Waals surface area contributed by atoms with Gasteiger partial charge in [-0.3, -0.25) is 4.79 Å². The van der Waals surface area contributed by atoms with Crippen LogP contribution in [0.2, 0.25) is 0 Å². The number of ether oxygens (including phenoxy) is 1. The van der Waals surface area contributed by atoms with Gasteiger partial charge < -0.3 is 10.5 Å². The van der Waals surface area contributed by atoms with Crippen LogP contribution in [-0.2, 0) is 15.3 Å². The molecule has 0 saturated carbocycles. The molecular formula is C12H16FNO2S. The number of carbonyl (C=O) groups is 1. The first kappa shape index (κ1) is 14.0. The molecule has 1 rings (SSSR count). The Morgan fingerprint density at radius 1 is 1.59 bits per heavy atom. The second kappa shape index (κ2) is 7.29. The number of hydrogen-bond acceptors (Lipinski definition) is 4. The summed E-state index contributed by atoms with van der Waals surface area (Å²) in [7, 11) is 0. The molecule has 1 atom stereocenters. The highest BCUT2D eigenvalue weighted by atomic mass is 32.2. The summed E-state index contributed by atoms with van der Waals surface area (Å²) in [5.41, 5.74) is 6.51. The van der Waals surface area contributed by atoms with E-state index in [0.717, 1.165) is 5.56 Å². The van der Waals surface area contributed by atoms with Crippen molar-refractivity contribution in [1.29, 1.82) is 0 Å². The van der Waals surface area contributed by atoms with Gasteiger partial charge in [-0.15, -0.1) is 0 Å². The van der Waals surface area contributed by atoms with Crippen molar-refractivity contribution >= 4 is 17.7 Å². The fourth-order valence-electron chi connectivity index (χ4n) is 1.25. The van der Waals surface area contributed by atoms with Gasteiger partial charge in [-0.2, -0.15) is 11.8 Å². The van der Waals surface area contributed by atoms with Crippen LogP contribution in [0, 0.1) is 5.82 Å². The Balaban J connectivity index is 2.30. The normalized spacial score (nSPS) is 12.2. The first-order valence-corrected chi connectivity index (χ1v) is 6.53.